The number of esters is 1. The summed E-state index contributed by atoms with van der Waals surface area (Å²) < 4.78 is 19.4. The van der Waals surface area contributed by atoms with Crippen LogP contribution in [0.15, 0.2) is 66.7 Å². The Labute approximate surface area is 189 Å². The van der Waals surface area contributed by atoms with Gasteiger partial charge in [-0.05, 0) is 73.2 Å². The van der Waals surface area contributed by atoms with Crippen LogP contribution in [0.4, 0.5) is 21.5 Å². The number of carbonyl (C=O) groups excluding carboxylic acids is 1. The Balaban J connectivity index is 1.42. The molecule has 32 heavy (non-hydrogen) atoms. The molecule has 166 valence electrons. The van der Waals surface area contributed by atoms with Crippen molar-refractivity contribution in [1.82, 2.24) is 0 Å². The summed E-state index contributed by atoms with van der Waals surface area (Å²) >= 11 is 0. The van der Waals surface area contributed by atoms with Crippen molar-refractivity contribution in [2.24, 2.45) is 0 Å². The summed E-state index contributed by atoms with van der Waals surface area (Å²) in [5.41, 5.74) is 6.22. The zero-order valence-electron chi connectivity index (χ0n) is 18.4. The predicted octanol–water partition coefficient (Wildman–Crippen LogP) is 6.02. The highest BCUT2D eigenvalue weighted by atomic mass is 19.1. The molecule has 0 bridgehead atoms. The van der Waals surface area contributed by atoms with E-state index in [9.17, 15) is 9.18 Å². The molecule has 1 heterocycles. The molecule has 0 unspecified atom stereocenters. The fraction of sp³-hybridized carbons (Fsp3) is 0.296. The van der Waals surface area contributed by atoms with Gasteiger partial charge in [0.2, 0.25) is 0 Å². The molecule has 0 aromatic heterocycles. The van der Waals surface area contributed by atoms with E-state index in [0.29, 0.717) is 25.1 Å². The van der Waals surface area contributed by atoms with E-state index in [1.54, 1.807) is 13.0 Å². The molecule has 4 rings (SSSR count). The fourth-order valence-electron chi connectivity index (χ4n) is 4.14. The van der Waals surface area contributed by atoms with E-state index in [-0.39, 0.29) is 18.2 Å². The number of carbonyl (C=O) groups is 1. The number of fused-ring (bicyclic) bond motifs is 1. The molecule has 1 N–H and O–H groups in total. The monoisotopic (exact) mass is 432 g/mol. The van der Waals surface area contributed by atoms with E-state index >= 15 is 0 Å². The van der Waals surface area contributed by atoms with Gasteiger partial charge >= 0.3 is 5.97 Å². The molecule has 0 radical (unpaired) electrons. The number of ether oxygens (including phenoxy) is 1. The van der Waals surface area contributed by atoms with Gasteiger partial charge in [-0.2, -0.15) is 0 Å². The maximum absolute atomic E-state index is 14.5. The van der Waals surface area contributed by atoms with Crippen LogP contribution < -0.4 is 10.2 Å². The number of hydrogen-bond acceptors (Lipinski definition) is 4. The van der Waals surface area contributed by atoms with Crippen LogP contribution in [0.25, 0.3) is 0 Å². The fourth-order valence-corrected chi connectivity index (χ4v) is 4.14. The van der Waals surface area contributed by atoms with Gasteiger partial charge in [-0.3, -0.25) is 4.79 Å². The minimum atomic E-state index is -0.306. The highest BCUT2D eigenvalue weighted by molar-refractivity contribution is 5.70. The number of halogens is 1. The Kier molecular flexibility index (Phi) is 7.05. The summed E-state index contributed by atoms with van der Waals surface area (Å²) in [5, 5.41) is 3.33. The lowest BCUT2D eigenvalue weighted by atomic mass is 9.98. The SMILES string of the molecule is CCOC(=O)CCc1ccc(NCc2ccc3c(c2)N(c2ccccc2)CCC3)cc1F. The highest BCUT2D eigenvalue weighted by Gasteiger charge is 2.18. The maximum Gasteiger partial charge on any atom is 0.306 e. The summed E-state index contributed by atoms with van der Waals surface area (Å²) in [6, 6.07) is 22.1. The largest absolute Gasteiger partial charge is 0.466 e. The second kappa shape index (κ2) is 10.3. The Morgan fingerprint density at radius 1 is 1.09 bits per heavy atom. The Morgan fingerprint density at radius 2 is 1.94 bits per heavy atom. The molecular weight excluding hydrogens is 403 g/mol. The third-order valence-corrected chi connectivity index (χ3v) is 5.79. The van der Waals surface area contributed by atoms with Crippen molar-refractivity contribution >= 4 is 23.0 Å². The number of aryl methyl sites for hydroxylation is 2. The number of para-hydroxylation sites is 1. The first-order chi connectivity index (χ1) is 15.6. The molecule has 0 saturated carbocycles. The molecule has 5 heteroatoms. The molecule has 3 aromatic carbocycles. The van der Waals surface area contributed by atoms with Gasteiger partial charge in [0.05, 0.1) is 6.61 Å². The molecular formula is C27H29FN2O2. The van der Waals surface area contributed by atoms with Crippen molar-refractivity contribution in [3.8, 4) is 0 Å². The van der Waals surface area contributed by atoms with E-state index < -0.39 is 0 Å². The molecule has 4 nitrogen and oxygen atoms in total. The Bertz CT molecular complexity index is 1070. The molecule has 1 aliphatic heterocycles. The minimum Gasteiger partial charge on any atom is -0.466 e. The molecule has 0 atom stereocenters. The normalized spacial score (nSPS) is 12.9. The lowest BCUT2D eigenvalue weighted by molar-refractivity contribution is -0.143. The first kappa shape index (κ1) is 21.9. The molecule has 3 aromatic rings. The minimum absolute atomic E-state index is 0.185. The van der Waals surface area contributed by atoms with Crippen molar-refractivity contribution in [2.45, 2.75) is 39.2 Å². The smallest absolute Gasteiger partial charge is 0.306 e. The van der Waals surface area contributed by atoms with Crippen molar-refractivity contribution in [1.29, 1.82) is 0 Å². The number of hydrogen-bond donors (Lipinski definition) is 1. The lowest BCUT2D eigenvalue weighted by Gasteiger charge is -2.32. The van der Waals surface area contributed by atoms with Gasteiger partial charge in [-0.1, -0.05) is 36.4 Å². The molecule has 0 saturated heterocycles. The van der Waals surface area contributed by atoms with Crippen molar-refractivity contribution < 1.29 is 13.9 Å². The Morgan fingerprint density at radius 3 is 2.72 bits per heavy atom. The van der Waals surface area contributed by atoms with Crippen molar-refractivity contribution in [3.63, 3.8) is 0 Å². The van der Waals surface area contributed by atoms with Crippen LogP contribution in [-0.2, 0) is 28.9 Å². The standard InChI is InChI=1S/C27H29FN2O2/c1-2-32-27(31)15-13-21-12-14-23(18-25(21)28)29-19-20-10-11-22-7-6-16-30(26(22)17-20)24-8-4-3-5-9-24/h3-5,8-12,14,17-18,29H,2,6-7,13,15-16,19H2,1H3. The van der Waals surface area contributed by atoms with Gasteiger partial charge in [0, 0.05) is 36.6 Å². The van der Waals surface area contributed by atoms with E-state index in [4.69, 9.17) is 4.74 Å². The second-order valence-electron chi connectivity index (χ2n) is 8.02. The average molecular weight is 433 g/mol. The summed E-state index contributed by atoms with van der Waals surface area (Å²) in [7, 11) is 0. The van der Waals surface area contributed by atoms with Crippen LogP contribution in [0.5, 0.6) is 0 Å². The predicted molar refractivity (Wildman–Crippen MR) is 127 cm³/mol. The maximum atomic E-state index is 14.5. The Hall–Kier alpha value is -3.34. The quantitative estimate of drug-likeness (QED) is 0.442. The van der Waals surface area contributed by atoms with E-state index in [1.807, 2.05) is 12.1 Å². The first-order valence-electron chi connectivity index (χ1n) is 11.3. The van der Waals surface area contributed by atoms with Crippen LogP contribution in [0.3, 0.4) is 0 Å². The average Bonchev–Trinajstić information content (AvgIpc) is 2.82. The zero-order chi connectivity index (χ0) is 22.3. The van der Waals surface area contributed by atoms with Gasteiger partial charge in [0.15, 0.2) is 0 Å². The lowest BCUT2D eigenvalue weighted by Crippen LogP contribution is -2.24. The van der Waals surface area contributed by atoms with Crippen molar-refractivity contribution in [2.75, 3.05) is 23.4 Å². The van der Waals surface area contributed by atoms with Crippen LogP contribution in [-0.4, -0.2) is 19.1 Å². The molecule has 0 aliphatic carbocycles. The topological polar surface area (TPSA) is 41.6 Å². The summed E-state index contributed by atoms with van der Waals surface area (Å²) in [6.45, 7) is 3.72. The van der Waals surface area contributed by atoms with Gasteiger partial charge in [-0.25, -0.2) is 4.39 Å². The molecule has 1 aliphatic rings. The first-order valence-corrected chi connectivity index (χ1v) is 11.3. The number of rotatable bonds is 8. The third-order valence-electron chi connectivity index (χ3n) is 5.79. The molecule has 0 amide bonds. The summed E-state index contributed by atoms with van der Waals surface area (Å²) in [4.78, 5) is 13.9. The highest BCUT2D eigenvalue weighted by Crippen LogP contribution is 2.34. The zero-order valence-corrected chi connectivity index (χ0v) is 18.4. The summed E-state index contributed by atoms with van der Waals surface area (Å²) in [5.74, 6) is -0.606. The van der Waals surface area contributed by atoms with Crippen LogP contribution in [0.1, 0.15) is 36.5 Å². The van der Waals surface area contributed by atoms with Gasteiger partial charge in [0.1, 0.15) is 5.82 Å². The van der Waals surface area contributed by atoms with E-state index in [1.165, 1.54) is 23.0 Å². The number of benzene rings is 3. The van der Waals surface area contributed by atoms with E-state index in [0.717, 1.165) is 30.6 Å². The molecule has 0 fully saturated rings. The summed E-state index contributed by atoms with van der Waals surface area (Å²) in [6.07, 6.45) is 2.75. The second-order valence-corrected chi connectivity index (χ2v) is 8.02. The number of nitrogens with zero attached hydrogens (tertiary/aromatic N) is 1. The third kappa shape index (κ3) is 5.28. The van der Waals surface area contributed by atoms with E-state index in [2.05, 4.69) is 52.7 Å². The van der Waals surface area contributed by atoms with Crippen molar-refractivity contribution in [3.05, 3.63) is 89.2 Å². The van der Waals surface area contributed by atoms with Crippen LogP contribution >= 0.6 is 0 Å². The van der Waals surface area contributed by atoms with Gasteiger partial charge in [0.25, 0.3) is 0 Å². The number of nitrogens with one attached hydrogen (secondary N) is 1. The van der Waals surface area contributed by atoms with Crippen LogP contribution in [0.2, 0.25) is 0 Å². The van der Waals surface area contributed by atoms with Crippen LogP contribution in [0, 0.1) is 5.82 Å². The van der Waals surface area contributed by atoms with Gasteiger partial charge in [-0.15, -0.1) is 0 Å². The number of anilines is 3. The molecule has 0 spiro atoms. The van der Waals surface area contributed by atoms with Gasteiger partial charge < -0.3 is 15.0 Å².